The van der Waals surface area contributed by atoms with Crippen LogP contribution in [0.1, 0.15) is 22.3 Å². The van der Waals surface area contributed by atoms with E-state index in [1.807, 2.05) is 12.1 Å². The third-order valence-corrected chi connectivity index (χ3v) is 5.32. The minimum Gasteiger partial charge on any atom is -0.489 e. The minimum absolute atomic E-state index is 0.119. The van der Waals surface area contributed by atoms with Gasteiger partial charge in [-0.2, -0.15) is 5.10 Å². The summed E-state index contributed by atoms with van der Waals surface area (Å²) in [5.74, 6) is -0.411. The molecule has 0 spiro atoms. The maximum absolute atomic E-state index is 13.7. The predicted octanol–water partition coefficient (Wildman–Crippen LogP) is 4.79. The summed E-state index contributed by atoms with van der Waals surface area (Å²) in [5, 5.41) is 15.4. The molecule has 0 radical (unpaired) electrons. The molecule has 4 aromatic rings. The maximum atomic E-state index is 13.7. The molecular formula is C28H23FN2O3. The molecule has 0 aliphatic heterocycles. The largest absolute Gasteiger partial charge is 0.489 e. The van der Waals surface area contributed by atoms with Crippen LogP contribution >= 0.6 is 0 Å². The standard InChI is InChI=1S/C28H23FN2O3/c29-26-14-8-7-9-22(26)20-34-25-17-15-21(16-18-25)19-30-31-27(32)28(33,23-10-3-1-4-11-23)24-12-5-2-6-13-24/h1-19,33H,20H2,(H,31,32)/b30-19+. The Labute approximate surface area is 197 Å². The van der Waals surface area contributed by atoms with Crippen LogP contribution < -0.4 is 10.2 Å². The topological polar surface area (TPSA) is 70.9 Å². The molecule has 0 aliphatic carbocycles. The summed E-state index contributed by atoms with van der Waals surface area (Å²) in [7, 11) is 0. The first-order valence-electron chi connectivity index (χ1n) is 10.7. The van der Waals surface area contributed by atoms with Crippen LogP contribution in [-0.2, 0) is 17.0 Å². The van der Waals surface area contributed by atoms with Crippen LogP contribution in [0.25, 0.3) is 0 Å². The van der Waals surface area contributed by atoms with Crippen LogP contribution in [0, 0.1) is 5.82 Å². The van der Waals surface area contributed by atoms with Gasteiger partial charge in [-0.15, -0.1) is 0 Å². The fourth-order valence-electron chi connectivity index (χ4n) is 3.46. The number of nitrogens with zero attached hydrogens (tertiary/aromatic N) is 1. The molecule has 0 unspecified atom stereocenters. The predicted molar refractivity (Wildman–Crippen MR) is 129 cm³/mol. The van der Waals surface area contributed by atoms with Crippen molar-refractivity contribution in [1.29, 1.82) is 0 Å². The number of carbonyl (C=O) groups excluding carboxylic acids is 1. The average molecular weight is 455 g/mol. The van der Waals surface area contributed by atoms with Crippen LogP contribution in [0.4, 0.5) is 4.39 Å². The number of rotatable bonds is 8. The Morgan fingerprint density at radius 1 is 0.853 bits per heavy atom. The van der Waals surface area contributed by atoms with Crippen molar-refractivity contribution in [2.45, 2.75) is 12.2 Å². The van der Waals surface area contributed by atoms with Gasteiger partial charge in [0.25, 0.3) is 5.91 Å². The van der Waals surface area contributed by atoms with Crippen molar-refractivity contribution in [2.24, 2.45) is 5.10 Å². The summed E-state index contributed by atoms with van der Waals surface area (Å²) >= 11 is 0. The van der Waals surface area contributed by atoms with Gasteiger partial charge in [0, 0.05) is 5.56 Å². The maximum Gasteiger partial charge on any atom is 0.281 e. The normalized spacial score (nSPS) is 11.4. The highest BCUT2D eigenvalue weighted by molar-refractivity contribution is 5.91. The Morgan fingerprint density at radius 3 is 2.00 bits per heavy atom. The van der Waals surface area contributed by atoms with E-state index >= 15 is 0 Å². The fourth-order valence-corrected chi connectivity index (χ4v) is 3.46. The Balaban J connectivity index is 1.42. The van der Waals surface area contributed by atoms with Gasteiger partial charge >= 0.3 is 0 Å². The van der Waals surface area contributed by atoms with Gasteiger partial charge in [-0.1, -0.05) is 78.9 Å². The van der Waals surface area contributed by atoms with Crippen molar-refractivity contribution in [3.05, 3.63) is 137 Å². The summed E-state index contributed by atoms with van der Waals surface area (Å²) in [4.78, 5) is 13.0. The van der Waals surface area contributed by atoms with Gasteiger partial charge in [-0.3, -0.25) is 4.79 Å². The van der Waals surface area contributed by atoms with Crippen molar-refractivity contribution >= 4 is 12.1 Å². The number of carbonyl (C=O) groups is 1. The molecule has 0 bridgehead atoms. The zero-order chi connectivity index (χ0) is 23.8. The average Bonchev–Trinajstić information content (AvgIpc) is 2.89. The van der Waals surface area contributed by atoms with Gasteiger partial charge in [0.2, 0.25) is 0 Å². The molecule has 0 saturated heterocycles. The first-order chi connectivity index (χ1) is 16.6. The van der Waals surface area contributed by atoms with Crippen LogP contribution in [-0.4, -0.2) is 17.2 Å². The summed E-state index contributed by atoms with van der Waals surface area (Å²) in [6.45, 7) is 0.119. The Hall–Kier alpha value is -4.29. The highest BCUT2D eigenvalue weighted by Crippen LogP contribution is 2.29. The fraction of sp³-hybridized carbons (Fsp3) is 0.0714. The number of aliphatic hydroxyl groups is 1. The number of benzene rings is 4. The molecule has 0 aliphatic rings. The van der Waals surface area contributed by atoms with Crippen LogP contribution in [0.5, 0.6) is 5.75 Å². The molecule has 4 rings (SSSR count). The summed E-state index contributed by atoms with van der Waals surface area (Å²) in [6, 6.07) is 30.9. The lowest BCUT2D eigenvalue weighted by Crippen LogP contribution is -2.43. The van der Waals surface area contributed by atoms with Crippen molar-refractivity contribution in [3.8, 4) is 5.75 Å². The molecule has 0 atom stereocenters. The molecule has 170 valence electrons. The van der Waals surface area contributed by atoms with E-state index in [0.29, 0.717) is 28.0 Å². The van der Waals surface area contributed by atoms with Gasteiger partial charge < -0.3 is 9.84 Å². The molecule has 0 heterocycles. The SMILES string of the molecule is O=C(N/N=C/c1ccc(OCc2ccccc2F)cc1)C(O)(c1ccccc1)c1ccccc1. The number of hydrogen-bond donors (Lipinski definition) is 2. The molecule has 1 amide bonds. The Kier molecular flexibility index (Phi) is 7.10. The second-order valence-electron chi connectivity index (χ2n) is 7.59. The summed E-state index contributed by atoms with van der Waals surface area (Å²) in [5.41, 5.74) is 2.60. The van der Waals surface area contributed by atoms with E-state index in [4.69, 9.17) is 4.74 Å². The van der Waals surface area contributed by atoms with Gasteiger partial charge in [0.05, 0.1) is 6.21 Å². The van der Waals surface area contributed by atoms with Gasteiger partial charge in [-0.05, 0) is 47.0 Å². The molecule has 6 heteroatoms. The first-order valence-corrected chi connectivity index (χ1v) is 10.7. The lowest BCUT2D eigenvalue weighted by molar-refractivity contribution is -0.136. The van der Waals surface area contributed by atoms with Crippen molar-refractivity contribution < 1.29 is 19.0 Å². The quantitative estimate of drug-likeness (QED) is 0.297. The number of hydrogen-bond acceptors (Lipinski definition) is 4. The number of halogens is 1. The van der Waals surface area contributed by atoms with Gasteiger partial charge in [-0.25, -0.2) is 9.82 Å². The molecular weight excluding hydrogens is 431 g/mol. The third-order valence-electron chi connectivity index (χ3n) is 5.32. The minimum atomic E-state index is -1.90. The van der Waals surface area contributed by atoms with Gasteiger partial charge in [0.15, 0.2) is 5.60 Å². The van der Waals surface area contributed by atoms with E-state index in [1.165, 1.54) is 12.3 Å². The number of ether oxygens (including phenoxy) is 1. The first kappa shape index (κ1) is 22.9. The van der Waals surface area contributed by atoms with Crippen molar-refractivity contribution in [2.75, 3.05) is 0 Å². The second kappa shape index (κ2) is 10.6. The number of nitrogens with one attached hydrogen (secondary N) is 1. The van der Waals surface area contributed by atoms with E-state index in [0.717, 1.165) is 0 Å². The number of hydrazone groups is 1. The Bertz CT molecular complexity index is 1220. The molecule has 0 saturated carbocycles. The number of amides is 1. The van der Waals surface area contributed by atoms with E-state index in [9.17, 15) is 14.3 Å². The summed E-state index contributed by atoms with van der Waals surface area (Å²) in [6.07, 6.45) is 1.47. The van der Waals surface area contributed by atoms with Crippen molar-refractivity contribution in [3.63, 3.8) is 0 Å². The third kappa shape index (κ3) is 5.19. The van der Waals surface area contributed by atoms with E-state index in [-0.39, 0.29) is 12.4 Å². The van der Waals surface area contributed by atoms with Gasteiger partial charge in [0.1, 0.15) is 18.2 Å². The van der Waals surface area contributed by atoms with Crippen molar-refractivity contribution in [1.82, 2.24) is 5.43 Å². The molecule has 5 nitrogen and oxygen atoms in total. The molecule has 0 aromatic heterocycles. The lowest BCUT2D eigenvalue weighted by Gasteiger charge is -2.27. The zero-order valence-corrected chi connectivity index (χ0v) is 18.3. The molecule has 2 N–H and O–H groups in total. The zero-order valence-electron chi connectivity index (χ0n) is 18.3. The molecule has 34 heavy (non-hydrogen) atoms. The second-order valence-corrected chi connectivity index (χ2v) is 7.59. The summed E-state index contributed by atoms with van der Waals surface area (Å²) < 4.78 is 19.3. The highest BCUT2D eigenvalue weighted by Gasteiger charge is 2.39. The van der Waals surface area contributed by atoms with Crippen LogP contribution in [0.2, 0.25) is 0 Å². The van der Waals surface area contributed by atoms with Crippen LogP contribution in [0.3, 0.4) is 0 Å². The monoisotopic (exact) mass is 454 g/mol. The van der Waals surface area contributed by atoms with E-state index in [2.05, 4.69) is 10.5 Å². The smallest absolute Gasteiger partial charge is 0.281 e. The van der Waals surface area contributed by atoms with E-state index < -0.39 is 11.5 Å². The molecule has 4 aromatic carbocycles. The van der Waals surface area contributed by atoms with E-state index in [1.54, 1.807) is 91.0 Å². The molecule has 0 fully saturated rings. The van der Waals surface area contributed by atoms with Crippen LogP contribution in [0.15, 0.2) is 114 Å². The highest BCUT2D eigenvalue weighted by atomic mass is 19.1. The Morgan fingerprint density at radius 2 is 1.41 bits per heavy atom. The lowest BCUT2D eigenvalue weighted by atomic mass is 9.85.